The van der Waals surface area contributed by atoms with E-state index in [0.717, 1.165) is 18.4 Å². The van der Waals surface area contributed by atoms with Crippen LogP contribution in [0.3, 0.4) is 0 Å². The van der Waals surface area contributed by atoms with Gasteiger partial charge in [0.1, 0.15) is 0 Å². The van der Waals surface area contributed by atoms with E-state index in [-0.39, 0.29) is 12.6 Å². The van der Waals surface area contributed by atoms with E-state index < -0.39 is 0 Å². The summed E-state index contributed by atoms with van der Waals surface area (Å²) >= 11 is 12.3. The minimum absolute atomic E-state index is 0.0913. The number of hydrogen-bond donors (Lipinski definition) is 2. The molecule has 1 aromatic carbocycles. The molecule has 5 heteroatoms. The molecule has 0 saturated carbocycles. The van der Waals surface area contributed by atoms with Gasteiger partial charge in [-0.05, 0) is 30.5 Å². The van der Waals surface area contributed by atoms with Crippen molar-refractivity contribution in [3.05, 3.63) is 27.7 Å². The highest BCUT2D eigenvalue weighted by molar-refractivity contribution is 6.37. The molecule has 0 aromatic heterocycles. The summed E-state index contributed by atoms with van der Waals surface area (Å²) in [7, 11) is 0. The Morgan fingerprint density at radius 1 is 1.26 bits per heavy atom. The molecule has 1 aromatic rings. The van der Waals surface area contributed by atoms with Gasteiger partial charge in [0.25, 0.3) is 0 Å². The van der Waals surface area contributed by atoms with Crippen molar-refractivity contribution in [3.8, 4) is 5.75 Å². The highest BCUT2D eigenvalue weighted by atomic mass is 35.5. The molecule has 0 unspecified atom stereocenters. The van der Waals surface area contributed by atoms with E-state index in [2.05, 4.69) is 5.32 Å². The van der Waals surface area contributed by atoms with Crippen LogP contribution in [-0.2, 0) is 6.54 Å². The number of aliphatic hydroxyl groups excluding tert-OH is 1. The summed E-state index contributed by atoms with van der Waals surface area (Å²) in [5, 5.41) is 13.4. The molecule has 0 aliphatic rings. The molecule has 19 heavy (non-hydrogen) atoms. The lowest BCUT2D eigenvalue weighted by atomic mass is 10.2. The molecule has 0 spiro atoms. The van der Waals surface area contributed by atoms with Gasteiger partial charge in [0, 0.05) is 12.6 Å². The highest BCUT2D eigenvalue weighted by Crippen LogP contribution is 2.34. The topological polar surface area (TPSA) is 41.5 Å². The molecule has 0 bridgehead atoms. The van der Waals surface area contributed by atoms with Crippen molar-refractivity contribution >= 4 is 23.2 Å². The molecule has 1 rings (SSSR count). The van der Waals surface area contributed by atoms with E-state index in [1.54, 1.807) is 0 Å². The molecule has 0 saturated heterocycles. The maximum absolute atomic E-state index is 9.12. The Balaban J connectivity index is 2.71. The average Bonchev–Trinajstić information content (AvgIpc) is 2.39. The highest BCUT2D eigenvalue weighted by Gasteiger charge is 2.10. The predicted molar refractivity (Wildman–Crippen MR) is 80.3 cm³/mol. The summed E-state index contributed by atoms with van der Waals surface area (Å²) in [5.74, 6) is 0.545. The van der Waals surface area contributed by atoms with Crippen LogP contribution in [0.15, 0.2) is 12.1 Å². The van der Waals surface area contributed by atoms with Gasteiger partial charge < -0.3 is 15.2 Å². The number of ether oxygens (including phenoxy) is 1. The monoisotopic (exact) mass is 305 g/mol. The Bertz CT molecular complexity index is 372. The first-order chi connectivity index (χ1) is 9.12. The Labute approximate surface area is 124 Å². The number of hydrogen-bond acceptors (Lipinski definition) is 3. The third-order valence-corrected chi connectivity index (χ3v) is 3.38. The Morgan fingerprint density at radius 2 is 1.89 bits per heavy atom. The zero-order chi connectivity index (χ0) is 14.3. The van der Waals surface area contributed by atoms with Gasteiger partial charge in [0.05, 0.1) is 23.3 Å². The van der Waals surface area contributed by atoms with Gasteiger partial charge in [-0.3, -0.25) is 0 Å². The second-order valence-electron chi connectivity index (χ2n) is 4.41. The summed E-state index contributed by atoms with van der Waals surface area (Å²) in [6.45, 7) is 5.39. The quantitative estimate of drug-likeness (QED) is 0.770. The van der Waals surface area contributed by atoms with Crippen molar-refractivity contribution in [2.24, 2.45) is 0 Å². The molecule has 0 fully saturated rings. The zero-order valence-electron chi connectivity index (χ0n) is 11.4. The normalized spacial score (nSPS) is 12.5. The first kappa shape index (κ1) is 16.6. The van der Waals surface area contributed by atoms with Crippen LogP contribution in [0.1, 0.15) is 32.3 Å². The Morgan fingerprint density at radius 3 is 2.37 bits per heavy atom. The summed E-state index contributed by atoms with van der Waals surface area (Å²) in [6, 6.07) is 3.78. The molecule has 3 nitrogen and oxygen atoms in total. The predicted octanol–water partition coefficient (Wildman–Crippen LogP) is 3.64. The van der Waals surface area contributed by atoms with E-state index in [0.29, 0.717) is 28.9 Å². The second kappa shape index (κ2) is 8.64. The van der Waals surface area contributed by atoms with E-state index in [1.807, 2.05) is 26.0 Å². The largest absolute Gasteiger partial charge is 0.490 e. The zero-order valence-corrected chi connectivity index (χ0v) is 12.9. The van der Waals surface area contributed by atoms with Gasteiger partial charge in [-0.15, -0.1) is 0 Å². The van der Waals surface area contributed by atoms with Crippen molar-refractivity contribution in [3.63, 3.8) is 0 Å². The molecular weight excluding hydrogens is 285 g/mol. The second-order valence-corrected chi connectivity index (χ2v) is 5.22. The molecule has 0 amide bonds. The number of aliphatic hydroxyl groups is 1. The van der Waals surface area contributed by atoms with E-state index in [9.17, 15) is 0 Å². The summed E-state index contributed by atoms with van der Waals surface area (Å²) in [4.78, 5) is 0. The van der Waals surface area contributed by atoms with Crippen molar-refractivity contribution in [1.29, 1.82) is 0 Å². The first-order valence-corrected chi connectivity index (χ1v) is 7.32. The number of halogens is 2. The van der Waals surface area contributed by atoms with Crippen LogP contribution in [-0.4, -0.2) is 24.4 Å². The molecule has 0 aliphatic carbocycles. The minimum atomic E-state index is 0.0913. The van der Waals surface area contributed by atoms with Crippen LogP contribution in [0.5, 0.6) is 5.75 Å². The fourth-order valence-corrected chi connectivity index (χ4v) is 2.30. The third-order valence-electron chi connectivity index (χ3n) is 2.82. The van der Waals surface area contributed by atoms with Crippen molar-refractivity contribution in [2.75, 3.05) is 13.2 Å². The maximum Gasteiger partial charge on any atom is 0.156 e. The Hall–Kier alpha value is -0.480. The molecular formula is C14H21Cl2NO2. The van der Waals surface area contributed by atoms with Crippen LogP contribution < -0.4 is 10.1 Å². The number of rotatable bonds is 8. The lowest BCUT2D eigenvalue weighted by Crippen LogP contribution is -2.31. The van der Waals surface area contributed by atoms with Gasteiger partial charge in [0.15, 0.2) is 5.75 Å². The van der Waals surface area contributed by atoms with Gasteiger partial charge in [-0.1, -0.05) is 37.0 Å². The van der Waals surface area contributed by atoms with Crippen LogP contribution in [0.2, 0.25) is 10.0 Å². The SMILES string of the molecule is CCCOc1c(Cl)cc(CN[C@H](CC)CO)cc1Cl. The van der Waals surface area contributed by atoms with Crippen LogP contribution in [0.25, 0.3) is 0 Å². The van der Waals surface area contributed by atoms with Crippen LogP contribution in [0, 0.1) is 0 Å². The van der Waals surface area contributed by atoms with Gasteiger partial charge in [0.2, 0.25) is 0 Å². The molecule has 0 radical (unpaired) electrons. The molecule has 108 valence electrons. The van der Waals surface area contributed by atoms with Crippen LogP contribution >= 0.6 is 23.2 Å². The fourth-order valence-electron chi connectivity index (χ4n) is 1.66. The summed E-state index contributed by atoms with van der Waals surface area (Å²) in [5.41, 5.74) is 0.978. The number of benzene rings is 1. The van der Waals surface area contributed by atoms with E-state index in [4.69, 9.17) is 33.0 Å². The summed E-state index contributed by atoms with van der Waals surface area (Å²) < 4.78 is 5.52. The first-order valence-electron chi connectivity index (χ1n) is 6.57. The molecule has 2 N–H and O–H groups in total. The van der Waals surface area contributed by atoms with Crippen molar-refractivity contribution in [1.82, 2.24) is 5.32 Å². The van der Waals surface area contributed by atoms with Gasteiger partial charge in [-0.2, -0.15) is 0 Å². The summed E-state index contributed by atoms with van der Waals surface area (Å²) in [6.07, 6.45) is 1.78. The van der Waals surface area contributed by atoms with E-state index >= 15 is 0 Å². The van der Waals surface area contributed by atoms with E-state index in [1.165, 1.54) is 0 Å². The minimum Gasteiger partial charge on any atom is -0.490 e. The average molecular weight is 306 g/mol. The fraction of sp³-hybridized carbons (Fsp3) is 0.571. The molecule has 0 heterocycles. The maximum atomic E-state index is 9.12. The Kier molecular flexibility index (Phi) is 7.54. The van der Waals surface area contributed by atoms with Crippen molar-refractivity contribution < 1.29 is 9.84 Å². The third kappa shape index (κ3) is 5.19. The van der Waals surface area contributed by atoms with Gasteiger partial charge >= 0.3 is 0 Å². The lowest BCUT2D eigenvalue weighted by molar-refractivity contribution is 0.238. The number of nitrogens with one attached hydrogen (secondary N) is 1. The van der Waals surface area contributed by atoms with Crippen molar-refractivity contribution in [2.45, 2.75) is 39.3 Å². The smallest absolute Gasteiger partial charge is 0.156 e. The van der Waals surface area contributed by atoms with Crippen LogP contribution in [0.4, 0.5) is 0 Å². The standard InChI is InChI=1S/C14H21Cl2NO2/c1-3-5-19-14-12(15)6-10(7-13(14)16)8-17-11(4-2)9-18/h6-7,11,17-18H,3-5,8-9H2,1-2H3/t11-/m1/s1. The van der Waals surface area contributed by atoms with Gasteiger partial charge in [-0.25, -0.2) is 0 Å². The molecule has 0 aliphatic heterocycles. The molecule has 1 atom stereocenters. The lowest BCUT2D eigenvalue weighted by Gasteiger charge is -2.15.